The van der Waals surface area contributed by atoms with Crippen molar-refractivity contribution in [3.63, 3.8) is 0 Å². The Balaban J connectivity index is 2.21. The molecule has 1 aliphatic heterocycles. The largest absolute Gasteiger partial charge is 0.376 e. The Morgan fingerprint density at radius 1 is 1.56 bits per heavy atom. The maximum absolute atomic E-state index is 11.0. The van der Waals surface area contributed by atoms with E-state index in [0.717, 1.165) is 24.3 Å². The molecule has 6 heteroatoms. The fourth-order valence-electron chi connectivity index (χ4n) is 1.95. The number of hydrogen-bond acceptors (Lipinski definition) is 5. The number of rotatable bonds is 3. The number of nitro groups is 1. The molecule has 18 heavy (non-hydrogen) atoms. The van der Waals surface area contributed by atoms with Gasteiger partial charge in [0.25, 0.3) is 5.69 Å². The predicted molar refractivity (Wildman–Crippen MR) is 71.8 cm³/mol. The van der Waals surface area contributed by atoms with Crippen molar-refractivity contribution in [3.05, 3.63) is 33.9 Å². The van der Waals surface area contributed by atoms with E-state index >= 15 is 0 Å². The third kappa shape index (κ3) is 2.93. The molecule has 0 amide bonds. The van der Waals surface area contributed by atoms with Crippen LogP contribution in [0.5, 0.6) is 0 Å². The lowest BCUT2D eigenvalue weighted by Crippen LogP contribution is -2.26. The highest BCUT2D eigenvalue weighted by Gasteiger charge is 2.19. The Labute approximate surface area is 109 Å². The second-order valence-corrected chi connectivity index (χ2v) is 5.31. The summed E-state index contributed by atoms with van der Waals surface area (Å²) in [6.45, 7) is 0. The van der Waals surface area contributed by atoms with Gasteiger partial charge in [-0.3, -0.25) is 10.1 Å². The highest BCUT2D eigenvalue weighted by atomic mass is 32.2. The first kappa shape index (κ1) is 12.7. The molecular weight excluding hydrogens is 250 g/mol. The summed E-state index contributed by atoms with van der Waals surface area (Å²) in [5.41, 5.74) is 0.793. The lowest BCUT2D eigenvalue weighted by Gasteiger charge is -2.23. The molecule has 0 aliphatic carbocycles. The van der Waals surface area contributed by atoms with Gasteiger partial charge in [-0.25, -0.2) is 0 Å². The highest BCUT2D eigenvalue weighted by molar-refractivity contribution is 7.99. The number of thioether (sulfide) groups is 1. The first-order valence-corrected chi connectivity index (χ1v) is 6.89. The normalized spacial score (nSPS) is 18.9. The Kier molecular flexibility index (Phi) is 4.05. The first-order valence-electron chi connectivity index (χ1n) is 5.73. The zero-order chi connectivity index (χ0) is 13.0. The van der Waals surface area contributed by atoms with E-state index in [2.05, 4.69) is 5.32 Å². The maximum Gasteiger partial charge on any atom is 0.293 e. The highest BCUT2D eigenvalue weighted by Crippen LogP contribution is 2.28. The molecule has 1 fully saturated rings. The molecule has 5 nitrogen and oxygen atoms in total. The number of nitriles is 1. The Bertz CT molecular complexity index is 493. The van der Waals surface area contributed by atoms with Crippen LogP contribution in [-0.2, 0) is 0 Å². The van der Waals surface area contributed by atoms with E-state index in [9.17, 15) is 10.1 Å². The van der Waals surface area contributed by atoms with Crippen LogP contribution in [0.3, 0.4) is 0 Å². The molecule has 1 aromatic carbocycles. The van der Waals surface area contributed by atoms with Crippen LogP contribution < -0.4 is 5.32 Å². The van der Waals surface area contributed by atoms with Crippen molar-refractivity contribution in [2.24, 2.45) is 0 Å². The molecule has 0 saturated carbocycles. The fourth-order valence-corrected chi connectivity index (χ4v) is 3.02. The summed E-state index contributed by atoms with van der Waals surface area (Å²) in [5.74, 6) is 2.13. The zero-order valence-electron chi connectivity index (χ0n) is 9.76. The minimum Gasteiger partial charge on any atom is -0.376 e. The van der Waals surface area contributed by atoms with Crippen molar-refractivity contribution >= 4 is 23.1 Å². The second-order valence-electron chi connectivity index (χ2n) is 4.16. The second kappa shape index (κ2) is 5.74. The van der Waals surface area contributed by atoms with Gasteiger partial charge in [-0.05, 0) is 30.7 Å². The van der Waals surface area contributed by atoms with E-state index in [1.54, 1.807) is 12.1 Å². The molecule has 1 unspecified atom stereocenters. The maximum atomic E-state index is 11.0. The average Bonchev–Trinajstić information content (AvgIpc) is 2.40. The molecule has 1 atom stereocenters. The van der Waals surface area contributed by atoms with Crippen LogP contribution in [0.25, 0.3) is 0 Å². The minimum atomic E-state index is -0.445. The molecule has 1 aliphatic rings. The van der Waals surface area contributed by atoms with Gasteiger partial charge in [0.15, 0.2) is 0 Å². The standard InChI is InChI=1S/C12H13N3O2S/c13-7-9-3-4-11(12(6-9)15(16)17)14-10-2-1-5-18-8-10/h3-4,6,10,14H,1-2,5,8H2. The molecule has 1 saturated heterocycles. The number of benzene rings is 1. The molecule has 1 N–H and O–H groups in total. The van der Waals surface area contributed by atoms with Gasteiger partial charge in [0.2, 0.25) is 0 Å². The molecule has 94 valence electrons. The molecular formula is C12H13N3O2S. The fraction of sp³-hybridized carbons (Fsp3) is 0.417. The van der Waals surface area contributed by atoms with Gasteiger partial charge in [-0.15, -0.1) is 0 Å². The van der Waals surface area contributed by atoms with Crippen LogP contribution in [-0.4, -0.2) is 22.5 Å². The molecule has 1 aromatic rings. The van der Waals surface area contributed by atoms with E-state index in [0.29, 0.717) is 11.3 Å². The smallest absolute Gasteiger partial charge is 0.293 e. The third-order valence-corrected chi connectivity index (χ3v) is 4.06. The van der Waals surface area contributed by atoms with E-state index in [1.807, 2.05) is 17.8 Å². The van der Waals surface area contributed by atoms with E-state index in [-0.39, 0.29) is 11.7 Å². The van der Waals surface area contributed by atoms with Crippen molar-refractivity contribution in [3.8, 4) is 6.07 Å². The van der Waals surface area contributed by atoms with Gasteiger partial charge in [-0.2, -0.15) is 17.0 Å². The van der Waals surface area contributed by atoms with Gasteiger partial charge in [0.05, 0.1) is 16.6 Å². The molecule has 0 aromatic heterocycles. The van der Waals surface area contributed by atoms with Crippen LogP contribution in [0, 0.1) is 21.4 Å². The van der Waals surface area contributed by atoms with Gasteiger partial charge in [-0.1, -0.05) is 0 Å². The number of hydrogen-bond donors (Lipinski definition) is 1. The minimum absolute atomic E-state index is 0.0235. The van der Waals surface area contributed by atoms with Crippen molar-refractivity contribution < 1.29 is 4.92 Å². The third-order valence-electron chi connectivity index (χ3n) is 2.84. The molecule has 0 bridgehead atoms. The number of anilines is 1. The van der Waals surface area contributed by atoms with Crippen molar-refractivity contribution in [1.82, 2.24) is 0 Å². The van der Waals surface area contributed by atoms with Crippen LogP contribution >= 0.6 is 11.8 Å². The summed E-state index contributed by atoms with van der Waals surface area (Å²) >= 11 is 1.86. The summed E-state index contributed by atoms with van der Waals surface area (Å²) in [7, 11) is 0. The average molecular weight is 263 g/mol. The summed E-state index contributed by atoms with van der Waals surface area (Å²) in [5, 5.41) is 23.0. The number of nitrogens with one attached hydrogen (secondary N) is 1. The van der Waals surface area contributed by atoms with Crippen LogP contribution in [0.1, 0.15) is 18.4 Å². The summed E-state index contributed by atoms with van der Waals surface area (Å²) in [6.07, 6.45) is 2.16. The predicted octanol–water partition coefficient (Wildman–Crippen LogP) is 2.77. The Hall–Kier alpha value is -1.74. The lowest BCUT2D eigenvalue weighted by atomic mass is 10.1. The summed E-state index contributed by atoms with van der Waals surface area (Å²) in [4.78, 5) is 10.5. The van der Waals surface area contributed by atoms with E-state index in [1.165, 1.54) is 6.07 Å². The summed E-state index contributed by atoms with van der Waals surface area (Å²) < 4.78 is 0. The van der Waals surface area contributed by atoms with E-state index in [4.69, 9.17) is 5.26 Å². The lowest BCUT2D eigenvalue weighted by molar-refractivity contribution is -0.384. The molecule has 2 rings (SSSR count). The SMILES string of the molecule is N#Cc1ccc(NC2CCCSC2)c([N+](=O)[O-])c1. The molecule has 0 spiro atoms. The number of nitrogens with zero attached hydrogens (tertiary/aromatic N) is 2. The van der Waals surface area contributed by atoms with Crippen molar-refractivity contribution in [2.45, 2.75) is 18.9 Å². The molecule has 0 radical (unpaired) electrons. The van der Waals surface area contributed by atoms with Crippen molar-refractivity contribution in [1.29, 1.82) is 5.26 Å². The van der Waals surface area contributed by atoms with Crippen LogP contribution in [0.2, 0.25) is 0 Å². The van der Waals surface area contributed by atoms with Gasteiger partial charge in [0, 0.05) is 17.9 Å². The first-order chi connectivity index (χ1) is 8.70. The van der Waals surface area contributed by atoms with Crippen molar-refractivity contribution in [2.75, 3.05) is 16.8 Å². The van der Waals surface area contributed by atoms with Gasteiger partial charge >= 0.3 is 0 Å². The zero-order valence-corrected chi connectivity index (χ0v) is 10.6. The Morgan fingerprint density at radius 3 is 3.00 bits per heavy atom. The van der Waals surface area contributed by atoms with Gasteiger partial charge in [0.1, 0.15) is 5.69 Å². The Morgan fingerprint density at radius 2 is 2.39 bits per heavy atom. The molecule has 1 heterocycles. The monoisotopic (exact) mass is 263 g/mol. The number of nitro benzene ring substituents is 1. The quantitative estimate of drug-likeness (QED) is 0.670. The topological polar surface area (TPSA) is 79.0 Å². The van der Waals surface area contributed by atoms with E-state index < -0.39 is 4.92 Å². The summed E-state index contributed by atoms with van der Waals surface area (Å²) in [6, 6.07) is 6.73. The van der Waals surface area contributed by atoms with Crippen LogP contribution in [0.15, 0.2) is 18.2 Å². The van der Waals surface area contributed by atoms with Gasteiger partial charge < -0.3 is 5.32 Å². The van der Waals surface area contributed by atoms with Crippen LogP contribution in [0.4, 0.5) is 11.4 Å².